The highest BCUT2D eigenvalue weighted by atomic mass is 35.5. The number of nitriles is 1. The minimum absolute atomic E-state index is 0.0667. The van der Waals surface area contributed by atoms with E-state index >= 15 is 0 Å². The lowest BCUT2D eigenvalue weighted by molar-refractivity contribution is 0.0678. The fourth-order valence-corrected chi connectivity index (χ4v) is 6.30. The van der Waals surface area contributed by atoms with Crippen molar-refractivity contribution < 1.29 is 9.90 Å². The van der Waals surface area contributed by atoms with Gasteiger partial charge in [0.2, 0.25) is 0 Å². The molecule has 0 radical (unpaired) electrons. The van der Waals surface area contributed by atoms with Crippen LogP contribution in [0.4, 0.5) is 0 Å². The van der Waals surface area contributed by atoms with Crippen LogP contribution in [0, 0.1) is 25.2 Å². The lowest BCUT2D eigenvalue weighted by atomic mass is 9.77. The summed E-state index contributed by atoms with van der Waals surface area (Å²) >= 11 is 6.35. The van der Waals surface area contributed by atoms with E-state index < -0.39 is 11.5 Å². The molecule has 216 valence electrons. The molecule has 0 aliphatic heterocycles. The number of aromatic nitrogens is 4. The molecule has 0 aliphatic rings. The van der Waals surface area contributed by atoms with Crippen molar-refractivity contribution >= 4 is 17.6 Å². The van der Waals surface area contributed by atoms with Gasteiger partial charge in [0.05, 0.1) is 29.0 Å². The first-order valence-corrected chi connectivity index (χ1v) is 14.4. The Morgan fingerprint density at radius 1 is 0.886 bits per heavy atom. The summed E-state index contributed by atoms with van der Waals surface area (Å²) in [6.45, 7) is 4.03. The zero-order valence-electron chi connectivity index (χ0n) is 24.1. The van der Waals surface area contributed by atoms with E-state index in [1.54, 1.807) is 27.7 Å². The number of nitrogens with zero attached hydrogens (tertiary/aromatic N) is 5. The second-order valence-corrected chi connectivity index (χ2v) is 11.0. The summed E-state index contributed by atoms with van der Waals surface area (Å²) in [6, 6.07) is 36.9. The predicted molar refractivity (Wildman–Crippen MR) is 170 cm³/mol. The van der Waals surface area contributed by atoms with Crippen LogP contribution in [-0.2, 0) is 12.1 Å². The van der Waals surface area contributed by atoms with E-state index in [2.05, 4.69) is 6.07 Å². The van der Waals surface area contributed by atoms with Crippen molar-refractivity contribution in [2.75, 3.05) is 0 Å². The van der Waals surface area contributed by atoms with Crippen molar-refractivity contribution in [1.82, 2.24) is 19.6 Å². The molecule has 0 spiro atoms. The monoisotopic (exact) mass is 597 g/mol. The molecule has 0 aliphatic carbocycles. The SMILES string of the molecule is Cc1nn(Cc2cnn(C(c3ccccc3)(c3ccccc3)c3ccccc3)c2C(=O)O)c(C)c1-c1ccc(C#N)c(Cl)c1. The third kappa shape index (κ3) is 4.76. The molecular formula is C36H28ClN5O2. The quantitative estimate of drug-likeness (QED) is 0.184. The summed E-state index contributed by atoms with van der Waals surface area (Å²) in [6.07, 6.45) is 1.63. The summed E-state index contributed by atoms with van der Waals surface area (Å²) in [5, 5.41) is 30.0. The summed E-state index contributed by atoms with van der Waals surface area (Å²) in [5.41, 5.74) is 5.85. The van der Waals surface area contributed by atoms with Gasteiger partial charge >= 0.3 is 5.97 Å². The molecule has 0 saturated carbocycles. The molecule has 2 aromatic heterocycles. The summed E-state index contributed by atoms with van der Waals surface area (Å²) in [4.78, 5) is 13.2. The van der Waals surface area contributed by atoms with Crippen LogP contribution in [0.15, 0.2) is 115 Å². The Labute approximate surface area is 260 Å². The topological polar surface area (TPSA) is 96.7 Å². The molecule has 0 unspecified atom stereocenters. The molecular weight excluding hydrogens is 570 g/mol. The Kier molecular flexibility index (Phi) is 7.60. The maximum atomic E-state index is 13.2. The van der Waals surface area contributed by atoms with E-state index in [1.807, 2.05) is 111 Å². The highest BCUT2D eigenvalue weighted by Crippen LogP contribution is 2.42. The minimum atomic E-state index is -1.09. The number of rotatable bonds is 8. The van der Waals surface area contributed by atoms with Crippen molar-refractivity contribution in [3.05, 3.63) is 165 Å². The number of aromatic carboxylic acids is 1. The molecule has 0 amide bonds. The third-order valence-electron chi connectivity index (χ3n) is 8.02. The van der Waals surface area contributed by atoms with E-state index in [4.69, 9.17) is 21.8 Å². The maximum Gasteiger partial charge on any atom is 0.354 e. The van der Waals surface area contributed by atoms with Gasteiger partial charge in [-0.1, -0.05) is 109 Å². The fraction of sp³-hybridized carbons (Fsp3) is 0.111. The second-order valence-electron chi connectivity index (χ2n) is 10.6. The minimum Gasteiger partial charge on any atom is -0.477 e. The first kappa shape index (κ1) is 28.7. The average molecular weight is 598 g/mol. The second kappa shape index (κ2) is 11.7. The molecule has 1 N–H and O–H groups in total. The van der Waals surface area contributed by atoms with Gasteiger partial charge in [0.15, 0.2) is 5.69 Å². The van der Waals surface area contributed by atoms with Gasteiger partial charge in [0, 0.05) is 16.8 Å². The summed E-state index contributed by atoms with van der Waals surface area (Å²) < 4.78 is 3.43. The van der Waals surface area contributed by atoms with Crippen LogP contribution in [0.3, 0.4) is 0 Å². The van der Waals surface area contributed by atoms with Gasteiger partial charge in [0.25, 0.3) is 0 Å². The van der Waals surface area contributed by atoms with Gasteiger partial charge in [-0.2, -0.15) is 15.5 Å². The Balaban J connectivity index is 1.55. The molecule has 6 rings (SSSR count). The molecule has 0 atom stereocenters. The van der Waals surface area contributed by atoms with E-state index in [0.717, 1.165) is 39.2 Å². The molecule has 4 aromatic carbocycles. The van der Waals surface area contributed by atoms with E-state index in [-0.39, 0.29) is 12.2 Å². The van der Waals surface area contributed by atoms with Crippen molar-refractivity contribution in [3.8, 4) is 17.2 Å². The molecule has 0 saturated heterocycles. The average Bonchev–Trinajstić information content (AvgIpc) is 3.59. The number of carbonyl (C=O) groups is 1. The van der Waals surface area contributed by atoms with Gasteiger partial charge in [-0.05, 0) is 48.2 Å². The maximum absolute atomic E-state index is 13.2. The normalized spacial score (nSPS) is 11.3. The molecule has 6 aromatic rings. The Hall–Kier alpha value is -5.45. The summed E-state index contributed by atoms with van der Waals surface area (Å²) in [5.74, 6) is -1.09. The molecule has 44 heavy (non-hydrogen) atoms. The predicted octanol–water partition coefficient (Wildman–Crippen LogP) is 7.48. The van der Waals surface area contributed by atoms with Crippen molar-refractivity contribution in [2.45, 2.75) is 25.9 Å². The number of aryl methyl sites for hydroxylation is 1. The fourth-order valence-electron chi connectivity index (χ4n) is 6.08. The van der Waals surface area contributed by atoms with Gasteiger partial charge < -0.3 is 5.11 Å². The van der Waals surface area contributed by atoms with Crippen LogP contribution in [0.5, 0.6) is 0 Å². The largest absolute Gasteiger partial charge is 0.477 e. The number of benzene rings is 4. The smallest absolute Gasteiger partial charge is 0.354 e. The summed E-state index contributed by atoms with van der Waals surface area (Å²) in [7, 11) is 0. The lowest BCUT2D eigenvalue weighted by Gasteiger charge is -2.37. The number of carboxylic acids is 1. The molecule has 0 bridgehead atoms. The molecule has 0 fully saturated rings. The van der Waals surface area contributed by atoms with Crippen LogP contribution < -0.4 is 0 Å². The van der Waals surface area contributed by atoms with Crippen LogP contribution in [-0.4, -0.2) is 30.6 Å². The Bertz CT molecular complexity index is 1910. The van der Waals surface area contributed by atoms with E-state index in [0.29, 0.717) is 16.1 Å². The van der Waals surface area contributed by atoms with Gasteiger partial charge in [0.1, 0.15) is 11.6 Å². The molecule has 7 nitrogen and oxygen atoms in total. The molecule has 2 heterocycles. The van der Waals surface area contributed by atoms with Gasteiger partial charge in [-0.15, -0.1) is 0 Å². The number of hydrogen-bond donors (Lipinski definition) is 1. The first-order chi connectivity index (χ1) is 21.4. The Morgan fingerprint density at radius 2 is 1.43 bits per heavy atom. The van der Waals surface area contributed by atoms with E-state index in [9.17, 15) is 15.2 Å². The van der Waals surface area contributed by atoms with Crippen molar-refractivity contribution in [2.24, 2.45) is 0 Å². The highest BCUT2D eigenvalue weighted by Gasteiger charge is 2.42. The number of carboxylic acid groups (broad SMARTS) is 1. The van der Waals surface area contributed by atoms with Crippen molar-refractivity contribution in [3.63, 3.8) is 0 Å². The molecule has 8 heteroatoms. The van der Waals surface area contributed by atoms with Gasteiger partial charge in [-0.25, -0.2) is 9.48 Å². The van der Waals surface area contributed by atoms with Crippen LogP contribution in [0.2, 0.25) is 5.02 Å². The zero-order chi connectivity index (χ0) is 30.8. The zero-order valence-corrected chi connectivity index (χ0v) is 24.9. The van der Waals surface area contributed by atoms with Crippen LogP contribution in [0.25, 0.3) is 11.1 Å². The number of halogens is 1. The standard InChI is InChI=1S/C36H28ClN5O2/c1-24-33(26-18-19-27(21-38)32(37)20-26)25(2)41(40-24)23-28-22-39-42(34(28)35(43)44)36(29-12-6-3-7-13-29,30-14-8-4-9-15-30)31-16-10-5-11-17-31/h3-20,22H,23H2,1-2H3,(H,43,44). The van der Waals surface area contributed by atoms with Crippen molar-refractivity contribution in [1.29, 1.82) is 5.26 Å². The number of hydrogen-bond acceptors (Lipinski definition) is 4. The lowest BCUT2D eigenvalue weighted by Crippen LogP contribution is -2.40. The third-order valence-corrected chi connectivity index (χ3v) is 8.33. The highest BCUT2D eigenvalue weighted by molar-refractivity contribution is 6.32. The van der Waals surface area contributed by atoms with Crippen LogP contribution >= 0.6 is 11.6 Å². The Morgan fingerprint density at radius 3 is 1.91 bits per heavy atom. The first-order valence-electron chi connectivity index (χ1n) is 14.1. The van der Waals surface area contributed by atoms with E-state index in [1.165, 1.54) is 0 Å². The van der Waals surface area contributed by atoms with Crippen LogP contribution in [0.1, 0.15) is 49.7 Å². The van der Waals surface area contributed by atoms with Gasteiger partial charge in [-0.3, -0.25) is 4.68 Å².